The number of alkyl carbamates (subject to hydrolysis) is 1. The van der Waals surface area contributed by atoms with E-state index in [1.807, 2.05) is 19.3 Å². The van der Waals surface area contributed by atoms with Gasteiger partial charge in [0.05, 0.1) is 0 Å². The lowest BCUT2D eigenvalue weighted by Gasteiger charge is -2.25. The molecule has 0 radical (unpaired) electrons. The molecule has 0 aromatic carbocycles. The maximum absolute atomic E-state index is 11.6. The Bertz CT molecular complexity index is 274. The second kappa shape index (κ2) is 6.44. The fraction of sp³-hybridized carbons (Fsp3) is 0.818. The van der Waals surface area contributed by atoms with Crippen LogP contribution in [-0.2, 0) is 9.53 Å². The van der Waals surface area contributed by atoms with Gasteiger partial charge in [0, 0.05) is 0 Å². The summed E-state index contributed by atoms with van der Waals surface area (Å²) < 4.78 is 5.09. The maximum atomic E-state index is 11.6. The predicted molar refractivity (Wildman–Crippen MR) is 64.9 cm³/mol. The summed E-state index contributed by atoms with van der Waals surface area (Å²) >= 11 is 0. The van der Waals surface area contributed by atoms with Crippen molar-refractivity contribution in [1.82, 2.24) is 10.7 Å². The van der Waals surface area contributed by atoms with Crippen LogP contribution in [-0.4, -0.2) is 23.6 Å². The van der Waals surface area contributed by atoms with Crippen LogP contribution in [0.4, 0.5) is 4.79 Å². The number of nitrogens with two attached hydrogens (primary N) is 1. The number of carbonyl (C=O) groups is 2. The highest BCUT2D eigenvalue weighted by molar-refractivity contribution is 5.85. The average molecular weight is 245 g/mol. The summed E-state index contributed by atoms with van der Waals surface area (Å²) in [5.74, 6) is 4.63. The van der Waals surface area contributed by atoms with Crippen LogP contribution in [0.2, 0.25) is 0 Å². The van der Waals surface area contributed by atoms with E-state index >= 15 is 0 Å². The Labute approximate surface area is 102 Å². The highest BCUT2D eigenvalue weighted by atomic mass is 16.6. The van der Waals surface area contributed by atoms with Crippen LogP contribution < -0.4 is 16.6 Å². The fourth-order valence-corrected chi connectivity index (χ4v) is 1.23. The van der Waals surface area contributed by atoms with Crippen LogP contribution >= 0.6 is 0 Å². The minimum atomic E-state index is -0.681. The number of hydrazine groups is 1. The zero-order valence-corrected chi connectivity index (χ0v) is 11.2. The SMILES string of the molecule is CC[C@@H](C)[C@H](NC(=O)OC(C)(C)C)C(=O)NN. The van der Waals surface area contributed by atoms with E-state index in [1.165, 1.54) is 0 Å². The third kappa shape index (κ3) is 6.11. The van der Waals surface area contributed by atoms with E-state index in [9.17, 15) is 9.59 Å². The van der Waals surface area contributed by atoms with Crippen molar-refractivity contribution < 1.29 is 14.3 Å². The number of amides is 2. The minimum Gasteiger partial charge on any atom is -0.444 e. The molecule has 6 heteroatoms. The van der Waals surface area contributed by atoms with E-state index in [0.717, 1.165) is 6.42 Å². The molecule has 0 heterocycles. The summed E-state index contributed by atoms with van der Waals surface area (Å²) in [6.45, 7) is 9.06. The van der Waals surface area contributed by atoms with Crippen LogP contribution in [0, 0.1) is 5.92 Å². The molecule has 2 atom stereocenters. The average Bonchev–Trinajstić information content (AvgIpc) is 2.21. The molecule has 17 heavy (non-hydrogen) atoms. The minimum absolute atomic E-state index is 0.0222. The van der Waals surface area contributed by atoms with Crippen molar-refractivity contribution in [2.75, 3.05) is 0 Å². The number of rotatable bonds is 4. The van der Waals surface area contributed by atoms with Crippen molar-refractivity contribution in [3.63, 3.8) is 0 Å². The molecule has 0 aromatic heterocycles. The molecule has 6 nitrogen and oxygen atoms in total. The third-order valence-corrected chi connectivity index (χ3v) is 2.31. The Morgan fingerprint density at radius 3 is 2.24 bits per heavy atom. The fourth-order valence-electron chi connectivity index (χ4n) is 1.23. The Morgan fingerprint density at radius 1 is 1.35 bits per heavy atom. The van der Waals surface area contributed by atoms with Gasteiger partial charge in [0.1, 0.15) is 11.6 Å². The van der Waals surface area contributed by atoms with Gasteiger partial charge in [-0.1, -0.05) is 20.3 Å². The van der Waals surface area contributed by atoms with Gasteiger partial charge in [0.25, 0.3) is 5.91 Å². The smallest absolute Gasteiger partial charge is 0.408 e. The molecule has 0 aliphatic rings. The summed E-state index contributed by atoms with van der Waals surface area (Å²) in [5, 5.41) is 2.52. The van der Waals surface area contributed by atoms with Crippen LogP contribution in [0.15, 0.2) is 0 Å². The van der Waals surface area contributed by atoms with Gasteiger partial charge in [0.15, 0.2) is 0 Å². The molecule has 0 fully saturated rings. The molecule has 2 amide bonds. The van der Waals surface area contributed by atoms with Gasteiger partial charge in [0.2, 0.25) is 0 Å². The van der Waals surface area contributed by atoms with Gasteiger partial charge in [-0.15, -0.1) is 0 Å². The van der Waals surface area contributed by atoms with Crippen LogP contribution in [0.1, 0.15) is 41.0 Å². The maximum Gasteiger partial charge on any atom is 0.408 e. The van der Waals surface area contributed by atoms with Gasteiger partial charge < -0.3 is 10.1 Å². The van der Waals surface area contributed by atoms with Crippen molar-refractivity contribution in [1.29, 1.82) is 0 Å². The molecule has 100 valence electrons. The number of carbonyl (C=O) groups excluding carboxylic acids is 2. The lowest BCUT2D eigenvalue weighted by molar-refractivity contribution is -0.124. The van der Waals surface area contributed by atoms with Crippen molar-refractivity contribution in [3.05, 3.63) is 0 Å². The molecular formula is C11H23N3O3. The lowest BCUT2D eigenvalue weighted by atomic mass is 9.99. The molecule has 0 unspecified atom stereocenters. The summed E-state index contributed by atoms with van der Waals surface area (Å²) in [6.07, 6.45) is 0.125. The second-order valence-corrected chi connectivity index (χ2v) is 5.02. The van der Waals surface area contributed by atoms with E-state index in [2.05, 4.69) is 5.32 Å². The van der Waals surface area contributed by atoms with Crippen molar-refractivity contribution in [2.24, 2.45) is 11.8 Å². The summed E-state index contributed by atoms with van der Waals surface area (Å²) in [6, 6.07) is -0.681. The molecule has 0 aliphatic heterocycles. The first-order valence-corrected chi connectivity index (χ1v) is 5.71. The topological polar surface area (TPSA) is 93.4 Å². The third-order valence-electron chi connectivity index (χ3n) is 2.31. The molecule has 0 spiro atoms. The molecule has 4 N–H and O–H groups in total. The van der Waals surface area contributed by atoms with Crippen molar-refractivity contribution in [3.8, 4) is 0 Å². The molecular weight excluding hydrogens is 222 g/mol. The lowest BCUT2D eigenvalue weighted by Crippen LogP contribution is -2.52. The van der Waals surface area contributed by atoms with E-state index in [-0.39, 0.29) is 5.92 Å². The van der Waals surface area contributed by atoms with Crippen molar-refractivity contribution >= 4 is 12.0 Å². The predicted octanol–water partition coefficient (Wildman–Crippen LogP) is 0.916. The molecule has 0 aliphatic carbocycles. The Morgan fingerprint density at radius 2 is 1.88 bits per heavy atom. The highest BCUT2D eigenvalue weighted by Crippen LogP contribution is 2.10. The molecule has 0 saturated carbocycles. The number of nitrogens with one attached hydrogen (secondary N) is 2. The Kier molecular flexibility index (Phi) is 5.95. The van der Waals surface area contributed by atoms with Crippen LogP contribution in [0.5, 0.6) is 0 Å². The molecule has 0 bridgehead atoms. The van der Waals surface area contributed by atoms with E-state index < -0.39 is 23.6 Å². The Hall–Kier alpha value is -1.30. The van der Waals surface area contributed by atoms with Gasteiger partial charge in [-0.3, -0.25) is 10.2 Å². The molecule has 0 saturated heterocycles. The van der Waals surface area contributed by atoms with E-state index in [0.29, 0.717) is 0 Å². The summed E-state index contributed by atoms with van der Waals surface area (Å²) in [4.78, 5) is 23.1. The van der Waals surface area contributed by atoms with Gasteiger partial charge >= 0.3 is 6.09 Å². The number of hydrogen-bond acceptors (Lipinski definition) is 4. The summed E-state index contributed by atoms with van der Waals surface area (Å²) in [5.41, 5.74) is 1.45. The van der Waals surface area contributed by atoms with E-state index in [4.69, 9.17) is 10.6 Å². The first-order valence-electron chi connectivity index (χ1n) is 5.71. The molecule has 0 aromatic rings. The largest absolute Gasteiger partial charge is 0.444 e. The first kappa shape index (κ1) is 15.7. The van der Waals surface area contributed by atoms with Gasteiger partial charge in [-0.05, 0) is 26.7 Å². The van der Waals surface area contributed by atoms with E-state index in [1.54, 1.807) is 20.8 Å². The number of ether oxygens (including phenoxy) is 1. The zero-order chi connectivity index (χ0) is 13.6. The zero-order valence-electron chi connectivity index (χ0n) is 11.2. The summed E-state index contributed by atoms with van der Waals surface area (Å²) in [7, 11) is 0. The number of hydrogen-bond donors (Lipinski definition) is 3. The van der Waals surface area contributed by atoms with Crippen LogP contribution in [0.25, 0.3) is 0 Å². The van der Waals surface area contributed by atoms with Gasteiger partial charge in [-0.2, -0.15) is 0 Å². The quantitative estimate of drug-likeness (QED) is 0.390. The van der Waals surface area contributed by atoms with Gasteiger partial charge in [-0.25, -0.2) is 10.6 Å². The second-order valence-electron chi connectivity index (χ2n) is 5.02. The first-order chi connectivity index (χ1) is 7.71. The van der Waals surface area contributed by atoms with Crippen LogP contribution in [0.3, 0.4) is 0 Å². The van der Waals surface area contributed by atoms with Crippen molar-refractivity contribution in [2.45, 2.75) is 52.7 Å². The Balaban J connectivity index is 4.54. The monoisotopic (exact) mass is 245 g/mol. The molecule has 0 rings (SSSR count). The normalized spacial score (nSPS) is 14.7. The highest BCUT2D eigenvalue weighted by Gasteiger charge is 2.27. The standard InChI is InChI=1S/C11H23N3O3/c1-6-7(2)8(9(15)14-12)13-10(16)17-11(3,4)5/h7-8H,6,12H2,1-5H3,(H,13,16)(H,14,15)/t7-,8+/m1/s1.